The summed E-state index contributed by atoms with van der Waals surface area (Å²) >= 11 is 0. The van der Waals surface area contributed by atoms with Crippen LogP contribution >= 0.6 is 0 Å². The summed E-state index contributed by atoms with van der Waals surface area (Å²) in [5.41, 5.74) is 5.66. The molecule has 1 fully saturated rings. The lowest BCUT2D eigenvalue weighted by atomic mass is 10.1. The number of anilines is 1. The van der Waals surface area contributed by atoms with Crippen LogP contribution in [-0.4, -0.2) is 36.2 Å². The third-order valence-electron chi connectivity index (χ3n) is 2.07. The number of aromatic nitrogens is 2. The first-order valence-corrected chi connectivity index (χ1v) is 4.16. The van der Waals surface area contributed by atoms with Crippen molar-refractivity contribution in [2.45, 2.75) is 6.04 Å². The van der Waals surface area contributed by atoms with Crippen LogP contribution in [0, 0.1) is 0 Å². The average Bonchev–Trinajstić information content (AvgIpc) is 2.13. The third kappa shape index (κ3) is 1.55. The number of ether oxygens (including phenoxy) is 1. The molecule has 2 heterocycles. The maximum Gasteiger partial charge on any atom is 0.218 e. The fourth-order valence-electron chi connectivity index (χ4n) is 1.31. The molecule has 1 saturated heterocycles. The van der Waals surface area contributed by atoms with Gasteiger partial charge in [-0.1, -0.05) is 0 Å². The molecule has 1 aliphatic heterocycles. The van der Waals surface area contributed by atoms with E-state index >= 15 is 0 Å². The van der Waals surface area contributed by atoms with Gasteiger partial charge in [-0.15, -0.1) is 0 Å². The molecule has 5 nitrogen and oxygen atoms in total. The second-order valence-electron chi connectivity index (χ2n) is 3.08. The number of rotatable bonds is 2. The van der Waals surface area contributed by atoms with E-state index in [0.29, 0.717) is 5.88 Å². The first-order chi connectivity index (χ1) is 6.29. The lowest BCUT2D eigenvalue weighted by Crippen LogP contribution is -2.56. The minimum atomic E-state index is 0.279. The minimum Gasteiger partial charge on any atom is -0.481 e. The Balaban J connectivity index is 2.12. The summed E-state index contributed by atoms with van der Waals surface area (Å²) in [5.74, 6) is 1.47. The molecule has 5 heteroatoms. The zero-order valence-electron chi connectivity index (χ0n) is 7.47. The van der Waals surface area contributed by atoms with Crippen molar-refractivity contribution in [1.82, 2.24) is 9.97 Å². The van der Waals surface area contributed by atoms with Gasteiger partial charge in [0.2, 0.25) is 5.88 Å². The molecule has 1 aliphatic rings. The Morgan fingerprint density at radius 2 is 2.31 bits per heavy atom. The van der Waals surface area contributed by atoms with Crippen molar-refractivity contribution in [3.8, 4) is 5.88 Å². The molecule has 0 radical (unpaired) electrons. The molecule has 0 aromatic carbocycles. The number of hydrogen-bond donors (Lipinski definition) is 1. The van der Waals surface area contributed by atoms with Gasteiger partial charge in [-0.3, -0.25) is 0 Å². The summed E-state index contributed by atoms with van der Waals surface area (Å²) in [6, 6.07) is 2.09. The molecule has 1 aromatic rings. The van der Waals surface area contributed by atoms with E-state index in [-0.39, 0.29) is 6.04 Å². The van der Waals surface area contributed by atoms with Gasteiger partial charge < -0.3 is 15.4 Å². The monoisotopic (exact) mass is 180 g/mol. The molecule has 13 heavy (non-hydrogen) atoms. The number of nitrogens with zero attached hydrogens (tertiary/aromatic N) is 3. The zero-order valence-corrected chi connectivity index (χ0v) is 7.47. The van der Waals surface area contributed by atoms with Crippen LogP contribution in [-0.2, 0) is 0 Å². The molecular weight excluding hydrogens is 168 g/mol. The SMILES string of the molecule is COc1cc(N2CC(N)C2)ncn1. The molecule has 0 aliphatic carbocycles. The van der Waals surface area contributed by atoms with Gasteiger partial charge in [0.1, 0.15) is 12.1 Å². The predicted octanol–water partition coefficient (Wildman–Crippen LogP) is -0.368. The topological polar surface area (TPSA) is 64.3 Å². The van der Waals surface area contributed by atoms with E-state index < -0.39 is 0 Å². The molecule has 2 rings (SSSR count). The summed E-state index contributed by atoms with van der Waals surface area (Å²) in [7, 11) is 1.59. The Morgan fingerprint density at radius 3 is 2.92 bits per heavy atom. The second-order valence-corrected chi connectivity index (χ2v) is 3.08. The summed E-state index contributed by atoms with van der Waals surface area (Å²) in [5, 5.41) is 0. The van der Waals surface area contributed by atoms with Crippen molar-refractivity contribution < 1.29 is 4.74 Å². The maximum absolute atomic E-state index is 5.66. The standard InChI is InChI=1S/C8H12N4O/c1-13-8-2-7(10-5-11-8)12-3-6(9)4-12/h2,5-6H,3-4,9H2,1H3. The van der Waals surface area contributed by atoms with Crippen molar-refractivity contribution in [2.24, 2.45) is 5.73 Å². The van der Waals surface area contributed by atoms with E-state index in [1.54, 1.807) is 7.11 Å². The largest absolute Gasteiger partial charge is 0.481 e. The van der Waals surface area contributed by atoms with Gasteiger partial charge in [0, 0.05) is 25.2 Å². The van der Waals surface area contributed by atoms with Crippen molar-refractivity contribution in [3.63, 3.8) is 0 Å². The normalized spacial score (nSPS) is 16.9. The maximum atomic E-state index is 5.66. The van der Waals surface area contributed by atoms with Crippen LogP contribution in [0.15, 0.2) is 12.4 Å². The van der Waals surface area contributed by atoms with Crippen molar-refractivity contribution in [1.29, 1.82) is 0 Å². The van der Waals surface area contributed by atoms with Crippen molar-refractivity contribution >= 4 is 5.82 Å². The Morgan fingerprint density at radius 1 is 1.54 bits per heavy atom. The van der Waals surface area contributed by atoms with Gasteiger partial charge in [0.05, 0.1) is 7.11 Å². The zero-order chi connectivity index (χ0) is 9.26. The Kier molecular flexibility index (Phi) is 2.02. The number of methoxy groups -OCH3 is 1. The number of hydrogen-bond acceptors (Lipinski definition) is 5. The van der Waals surface area contributed by atoms with Crippen molar-refractivity contribution in [2.75, 3.05) is 25.1 Å². The lowest BCUT2D eigenvalue weighted by molar-refractivity contribution is 0.396. The van der Waals surface area contributed by atoms with E-state index in [1.807, 2.05) is 6.07 Å². The molecule has 70 valence electrons. The molecule has 0 saturated carbocycles. The van der Waals surface area contributed by atoms with E-state index in [2.05, 4.69) is 14.9 Å². The van der Waals surface area contributed by atoms with Crippen LogP contribution in [0.1, 0.15) is 0 Å². The van der Waals surface area contributed by atoms with Crippen LogP contribution in [0.2, 0.25) is 0 Å². The van der Waals surface area contributed by atoms with Crippen LogP contribution in [0.5, 0.6) is 5.88 Å². The van der Waals surface area contributed by atoms with E-state index in [4.69, 9.17) is 10.5 Å². The summed E-state index contributed by atoms with van der Waals surface area (Å²) in [4.78, 5) is 10.1. The molecule has 1 aromatic heterocycles. The molecule has 0 unspecified atom stereocenters. The first kappa shape index (κ1) is 8.25. The second kappa shape index (κ2) is 3.18. The minimum absolute atomic E-state index is 0.279. The van der Waals surface area contributed by atoms with E-state index in [1.165, 1.54) is 6.33 Å². The Hall–Kier alpha value is -1.36. The van der Waals surface area contributed by atoms with Crippen molar-refractivity contribution in [3.05, 3.63) is 12.4 Å². The Bertz CT molecular complexity index is 298. The van der Waals surface area contributed by atoms with Crippen LogP contribution in [0.3, 0.4) is 0 Å². The van der Waals surface area contributed by atoms with Gasteiger partial charge in [0.25, 0.3) is 0 Å². The highest BCUT2D eigenvalue weighted by Gasteiger charge is 2.24. The van der Waals surface area contributed by atoms with Crippen LogP contribution in [0.25, 0.3) is 0 Å². The van der Waals surface area contributed by atoms with Gasteiger partial charge in [0.15, 0.2) is 0 Å². The van der Waals surface area contributed by atoms with Gasteiger partial charge in [-0.25, -0.2) is 9.97 Å². The smallest absolute Gasteiger partial charge is 0.218 e. The fraction of sp³-hybridized carbons (Fsp3) is 0.500. The molecule has 2 N–H and O–H groups in total. The van der Waals surface area contributed by atoms with Gasteiger partial charge >= 0.3 is 0 Å². The Labute approximate surface area is 76.5 Å². The summed E-state index contributed by atoms with van der Waals surface area (Å²) in [6.45, 7) is 1.72. The lowest BCUT2D eigenvalue weighted by Gasteiger charge is -2.37. The first-order valence-electron chi connectivity index (χ1n) is 4.16. The molecule has 0 spiro atoms. The van der Waals surface area contributed by atoms with Gasteiger partial charge in [-0.05, 0) is 0 Å². The number of nitrogens with two attached hydrogens (primary N) is 1. The summed E-state index contributed by atoms with van der Waals surface area (Å²) < 4.78 is 4.99. The van der Waals surface area contributed by atoms with Crippen LogP contribution in [0.4, 0.5) is 5.82 Å². The average molecular weight is 180 g/mol. The molecular formula is C8H12N4O. The van der Waals surface area contributed by atoms with E-state index in [9.17, 15) is 0 Å². The predicted molar refractivity (Wildman–Crippen MR) is 48.8 cm³/mol. The highest BCUT2D eigenvalue weighted by atomic mass is 16.5. The van der Waals surface area contributed by atoms with E-state index in [0.717, 1.165) is 18.9 Å². The molecule has 0 amide bonds. The third-order valence-corrected chi connectivity index (χ3v) is 2.07. The van der Waals surface area contributed by atoms with Gasteiger partial charge in [-0.2, -0.15) is 0 Å². The van der Waals surface area contributed by atoms with Crippen LogP contribution < -0.4 is 15.4 Å². The quantitative estimate of drug-likeness (QED) is 0.673. The highest BCUT2D eigenvalue weighted by Crippen LogP contribution is 2.19. The summed E-state index contributed by atoms with van der Waals surface area (Å²) in [6.07, 6.45) is 1.50. The highest BCUT2D eigenvalue weighted by molar-refractivity contribution is 5.44. The molecule has 0 atom stereocenters. The fourth-order valence-corrected chi connectivity index (χ4v) is 1.31. The molecule has 0 bridgehead atoms.